The number of benzene rings is 2. The van der Waals surface area contributed by atoms with E-state index in [9.17, 15) is 0 Å². The van der Waals surface area contributed by atoms with Gasteiger partial charge < -0.3 is 24.5 Å². The minimum Gasteiger partial charge on any atom is -0.461 e. The number of ether oxygens (including phenoxy) is 3. The van der Waals surface area contributed by atoms with Crippen LogP contribution in [0.1, 0.15) is 24.2 Å². The third-order valence-corrected chi connectivity index (χ3v) is 6.30. The fourth-order valence-electron chi connectivity index (χ4n) is 4.68. The van der Waals surface area contributed by atoms with Crippen LogP contribution in [0.25, 0.3) is 11.0 Å². The summed E-state index contributed by atoms with van der Waals surface area (Å²) >= 11 is 0. The van der Waals surface area contributed by atoms with Crippen molar-refractivity contribution in [2.24, 2.45) is 0 Å². The van der Waals surface area contributed by atoms with Crippen molar-refractivity contribution in [2.45, 2.75) is 37.5 Å². The molecule has 0 radical (unpaired) electrons. The lowest BCUT2D eigenvalue weighted by molar-refractivity contribution is 0.0656. The van der Waals surface area contributed by atoms with Gasteiger partial charge in [0.05, 0.1) is 30.0 Å². The lowest BCUT2D eigenvalue weighted by Gasteiger charge is -2.34. The molecular formula is C24H25N7O3. The van der Waals surface area contributed by atoms with Gasteiger partial charge in [0.2, 0.25) is 6.79 Å². The van der Waals surface area contributed by atoms with Gasteiger partial charge in [-0.25, -0.2) is 9.67 Å². The van der Waals surface area contributed by atoms with Crippen LogP contribution in [0.4, 0.5) is 5.69 Å². The fraction of sp³-hybridized carbons (Fsp3) is 0.333. The predicted molar refractivity (Wildman–Crippen MR) is 123 cm³/mol. The van der Waals surface area contributed by atoms with Crippen molar-refractivity contribution in [1.82, 2.24) is 30.2 Å². The van der Waals surface area contributed by atoms with Gasteiger partial charge in [0.25, 0.3) is 0 Å². The van der Waals surface area contributed by atoms with Crippen molar-refractivity contribution < 1.29 is 14.2 Å². The second-order valence-corrected chi connectivity index (χ2v) is 8.56. The number of H-pyrrole nitrogens is 1. The lowest BCUT2D eigenvalue weighted by Crippen LogP contribution is -2.43. The first-order valence-electron chi connectivity index (χ1n) is 11.4. The Kier molecular flexibility index (Phi) is 5.34. The van der Waals surface area contributed by atoms with E-state index in [4.69, 9.17) is 14.2 Å². The summed E-state index contributed by atoms with van der Waals surface area (Å²) in [6.07, 6.45) is 5.97. The van der Waals surface area contributed by atoms with E-state index < -0.39 is 5.54 Å². The monoisotopic (exact) mass is 459 g/mol. The number of anilines is 1. The minimum absolute atomic E-state index is 0.0766. The van der Waals surface area contributed by atoms with Crippen LogP contribution < -0.4 is 5.32 Å². The quantitative estimate of drug-likeness (QED) is 0.413. The highest BCUT2D eigenvalue weighted by Gasteiger charge is 2.45. The van der Waals surface area contributed by atoms with Crippen molar-refractivity contribution in [3.05, 3.63) is 78.3 Å². The molecule has 0 bridgehead atoms. The summed E-state index contributed by atoms with van der Waals surface area (Å²) in [4.78, 5) is 7.51. The summed E-state index contributed by atoms with van der Waals surface area (Å²) in [5.41, 5.74) is 2.86. The summed E-state index contributed by atoms with van der Waals surface area (Å²) < 4.78 is 19.2. The first-order valence-corrected chi connectivity index (χ1v) is 11.4. The SMILES string of the molecule is C1=C(C(Cc2ccccc2)(Nc2ccc3nc[nH]c3c2)c2nnnn2CC2CCCO2)OCO1. The molecule has 2 aliphatic rings. The third-order valence-electron chi connectivity index (χ3n) is 6.30. The molecule has 4 heterocycles. The summed E-state index contributed by atoms with van der Waals surface area (Å²) in [5, 5.41) is 16.6. The molecule has 6 rings (SSSR count). The van der Waals surface area contributed by atoms with Crippen LogP contribution in [0.2, 0.25) is 0 Å². The first-order chi connectivity index (χ1) is 16.8. The number of imidazole rings is 1. The second-order valence-electron chi connectivity index (χ2n) is 8.56. The van der Waals surface area contributed by atoms with E-state index in [-0.39, 0.29) is 12.9 Å². The Balaban J connectivity index is 1.47. The van der Waals surface area contributed by atoms with Crippen LogP contribution in [0.3, 0.4) is 0 Å². The normalized spacial score (nSPS) is 19.4. The van der Waals surface area contributed by atoms with Crippen LogP contribution in [-0.4, -0.2) is 49.7 Å². The Labute approximate surface area is 195 Å². The molecule has 1 fully saturated rings. The predicted octanol–water partition coefficient (Wildman–Crippen LogP) is 3.12. The molecule has 2 N–H and O–H groups in total. The molecule has 174 valence electrons. The van der Waals surface area contributed by atoms with Gasteiger partial charge in [-0.3, -0.25) is 0 Å². The summed E-state index contributed by atoms with van der Waals surface area (Å²) in [6, 6.07) is 16.2. The van der Waals surface area contributed by atoms with Crippen molar-refractivity contribution in [1.29, 1.82) is 0 Å². The average molecular weight is 460 g/mol. The zero-order valence-electron chi connectivity index (χ0n) is 18.6. The average Bonchev–Trinajstić information content (AvgIpc) is 3.68. The van der Waals surface area contributed by atoms with Gasteiger partial charge in [-0.15, -0.1) is 5.10 Å². The largest absolute Gasteiger partial charge is 0.461 e. The van der Waals surface area contributed by atoms with E-state index in [2.05, 4.69) is 42.9 Å². The van der Waals surface area contributed by atoms with Gasteiger partial charge in [0.15, 0.2) is 17.1 Å². The van der Waals surface area contributed by atoms with Crippen molar-refractivity contribution in [3.63, 3.8) is 0 Å². The topological polar surface area (TPSA) is 112 Å². The fourth-order valence-corrected chi connectivity index (χ4v) is 4.68. The molecule has 0 amide bonds. The number of tetrazole rings is 1. The van der Waals surface area contributed by atoms with Crippen LogP contribution in [0.15, 0.2) is 66.9 Å². The third kappa shape index (κ3) is 3.86. The van der Waals surface area contributed by atoms with E-state index in [1.807, 2.05) is 41.1 Å². The van der Waals surface area contributed by atoms with Crippen LogP contribution >= 0.6 is 0 Å². The molecule has 34 heavy (non-hydrogen) atoms. The molecule has 2 unspecified atom stereocenters. The molecule has 0 spiro atoms. The molecule has 1 saturated heterocycles. The van der Waals surface area contributed by atoms with Gasteiger partial charge >= 0.3 is 0 Å². The lowest BCUT2D eigenvalue weighted by atomic mass is 9.87. The van der Waals surface area contributed by atoms with E-state index in [1.165, 1.54) is 0 Å². The Morgan fingerprint density at radius 1 is 1.18 bits per heavy atom. The maximum Gasteiger partial charge on any atom is 0.230 e. The molecule has 4 aromatic rings. The van der Waals surface area contributed by atoms with E-state index >= 15 is 0 Å². The maximum absolute atomic E-state index is 6.00. The van der Waals surface area contributed by atoms with E-state index in [0.717, 1.165) is 41.7 Å². The van der Waals surface area contributed by atoms with E-state index in [1.54, 1.807) is 12.6 Å². The zero-order chi connectivity index (χ0) is 22.8. The van der Waals surface area contributed by atoms with Gasteiger partial charge in [0.1, 0.15) is 6.26 Å². The molecule has 0 saturated carbocycles. The summed E-state index contributed by atoms with van der Waals surface area (Å²) in [5.74, 6) is 1.25. The highest BCUT2D eigenvalue weighted by Crippen LogP contribution is 2.39. The smallest absolute Gasteiger partial charge is 0.230 e. The van der Waals surface area contributed by atoms with Crippen LogP contribution in [-0.2, 0) is 32.7 Å². The van der Waals surface area contributed by atoms with Crippen LogP contribution in [0, 0.1) is 0 Å². The molecule has 2 aliphatic heterocycles. The standard InChI is InChI=1S/C24H25N7O3/c1-2-5-17(6-3-1)12-24(22-14-32-16-34-22,27-18-8-9-20-21(11-18)26-15-25-20)23-28-29-30-31(23)13-19-7-4-10-33-19/h1-3,5-6,8-9,11,14-15,19,27H,4,7,10,12-13,16H2,(H,25,26). The number of hydrogen-bond acceptors (Lipinski definition) is 8. The number of hydrogen-bond donors (Lipinski definition) is 2. The highest BCUT2D eigenvalue weighted by molar-refractivity contribution is 5.79. The molecule has 2 atom stereocenters. The molecule has 10 nitrogen and oxygen atoms in total. The van der Waals surface area contributed by atoms with Crippen molar-refractivity contribution in [2.75, 3.05) is 18.7 Å². The molecular weight excluding hydrogens is 434 g/mol. The number of aromatic amines is 1. The van der Waals surface area contributed by atoms with Gasteiger partial charge in [-0.1, -0.05) is 30.3 Å². The molecule has 2 aromatic heterocycles. The van der Waals surface area contributed by atoms with Gasteiger partial charge in [-0.05, 0) is 47.0 Å². The summed E-state index contributed by atoms with van der Waals surface area (Å²) in [7, 11) is 0. The van der Waals surface area contributed by atoms with Crippen LogP contribution in [0.5, 0.6) is 0 Å². The number of rotatable bonds is 8. The number of nitrogens with zero attached hydrogens (tertiary/aromatic N) is 5. The Bertz CT molecular complexity index is 1300. The number of nitrogens with one attached hydrogen (secondary N) is 2. The van der Waals surface area contributed by atoms with Gasteiger partial charge in [0, 0.05) is 18.7 Å². The first kappa shape index (κ1) is 20.7. The Morgan fingerprint density at radius 2 is 2.12 bits per heavy atom. The maximum atomic E-state index is 6.00. The molecule has 10 heteroatoms. The van der Waals surface area contributed by atoms with Gasteiger partial charge in [-0.2, -0.15) is 0 Å². The minimum atomic E-state index is -0.923. The molecule has 0 aliphatic carbocycles. The van der Waals surface area contributed by atoms with E-state index in [0.29, 0.717) is 24.5 Å². The Morgan fingerprint density at radius 3 is 2.94 bits per heavy atom. The Hall–Kier alpha value is -3.92. The number of fused-ring (bicyclic) bond motifs is 1. The van der Waals surface area contributed by atoms with Crippen molar-refractivity contribution >= 4 is 16.7 Å². The number of aromatic nitrogens is 6. The zero-order valence-corrected chi connectivity index (χ0v) is 18.6. The highest BCUT2D eigenvalue weighted by atomic mass is 16.7. The summed E-state index contributed by atoms with van der Waals surface area (Å²) in [6.45, 7) is 1.47. The molecule has 2 aromatic carbocycles. The van der Waals surface area contributed by atoms with Crippen molar-refractivity contribution in [3.8, 4) is 0 Å². The second kappa shape index (κ2) is 8.79.